The van der Waals surface area contributed by atoms with Crippen molar-refractivity contribution < 1.29 is 5.11 Å². The lowest BCUT2D eigenvalue weighted by Crippen LogP contribution is -2.43. The lowest BCUT2D eigenvalue weighted by Gasteiger charge is -2.39. The number of nitrogens with zero attached hydrogens (tertiary/aromatic N) is 2. The Morgan fingerprint density at radius 3 is 2.84 bits per heavy atom. The van der Waals surface area contributed by atoms with Crippen molar-refractivity contribution >= 4 is 5.82 Å². The van der Waals surface area contributed by atoms with Crippen LogP contribution in [0.1, 0.15) is 38.7 Å². The Kier molecular flexibility index (Phi) is 5.16. The minimum Gasteiger partial charge on any atom is -0.395 e. The number of nitrogens with one attached hydrogen (secondary N) is 1. The van der Waals surface area contributed by atoms with Crippen LogP contribution in [0.25, 0.3) is 0 Å². The van der Waals surface area contributed by atoms with Crippen molar-refractivity contribution in [2.75, 3.05) is 18.1 Å². The smallest absolute Gasteiger partial charge is 0.133 e. The average Bonchev–Trinajstić information content (AvgIpc) is 2.34. The fraction of sp³-hybridized carbons (Fsp3) is 0.667. The van der Waals surface area contributed by atoms with Crippen LogP contribution in [0.2, 0.25) is 0 Å². The molecule has 1 heterocycles. The van der Waals surface area contributed by atoms with Crippen LogP contribution in [0.3, 0.4) is 0 Å². The van der Waals surface area contributed by atoms with Gasteiger partial charge in [-0.2, -0.15) is 0 Å². The highest BCUT2D eigenvalue weighted by atomic mass is 16.3. The SMILES string of the molecule is CC(C)NCc1cccnc1N(CCO)C1CCC1. The van der Waals surface area contributed by atoms with E-state index >= 15 is 0 Å². The lowest BCUT2D eigenvalue weighted by molar-refractivity contribution is 0.282. The van der Waals surface area contributed by atoms with E-state index in [1.807, 2.05) is 12.3 Å². The van der Waals surface area contributed by atoms with E-state index in [-0.39, 0.29) is 6.61 Å². The molecule has 106 valence electrons. The van der Waals surface area contributed by atoms with Crippen molar-refractivity contribution in [1.29, 1.82) is 0 Å². The van der Waals surface area contributed by atoms with Crippen LogP contribution < -0.4 is 10.2 Å². The molecule has 1 aliphatic rings. The topological polar surface area (TPSA) is 48.4 Å². The third kappa shape index (κ3) is 3.67. The summed E-state index contributed by atoms with van der Waals surface area (Å²) in [6.07, 6.45) is 5.57. The molecule has 1 saturated carbocycles. The Morgan fingerprint density at radius 1 is 1.47 bits per heavy atom. The van der Waals surface area contributed by atoms with Crippen LogP contribution in [0.15, 0.2) is 18.3 Å². The van der Waals surface area contributed by atoms with Gasteiger partial charge in [0.1, 0.15) is 5.82 Å². The first-order chi connectivity index (χ1) is 9.22. The molecule has 0 aromatic carbocycles. The standard InChI is InChI=1S/C15H25N3O/c1-12(2)17-11-13-5-4-8-16-15(13)18(9-10-19)14-6-3-7-14/h4-5,8,12,14,17,19H,3,6-7,9-11H2,1-2H3. The summed E-state index contributed by atoms with van der Waals surface area (Å²) in [6, 6.07) is 5.13. The maximum absolute atomic E-state index is 9.29. The van der Waals surface area contributed by atoms with Gasteiger partial charge in [0.05, 0.1) is 6.61 Å². The van der Waals surface area contributed by atoms with Gasteiger partial charge >= 0.3 is 0 Å². The molecular formula is C15H25N3O. The Hall–Kier alpha value is -1.13. The van der Waals surface area contributed by atoms with Gasteiger partial charge < -0.3 is 15.3 Å². The molecule has 0 amide bonds. The average molecular weight is 263 g/mol. The van der Waals surface area contributed by atoms with Crippen molar-refractivity contribution in [3.05, 3.63) is 23.9 Å². The minimum absolute atomic E-state index is 0.185. The van der Waals surface area contributed by atoms with Crippen molar-refractivity contribution in [3.8, 4) is 0 Å². The Morgan fingerprint density at radius 2 is 2.26 bits per heavy atom. The molecule has 0 spiro atoms. The Labute approximate surface area is 115 Å². The van der Waals surface area contributed by atoms with E-state index in [0.717, 1.165) is 12.4 Å². The summed E-state index contributed by atoms with van der Waals surface area (Å²) in [4.78, 5) is 6.83. The molecule has 0 atom stereocenters. The van der Waals surface area contributed by atoms with Crippen molar-refractivity contribution in [3.63, 3.8) is 0 Å². The monoisotopic (exact) mass is 263 g/mol. The van der Waals surface area contributed by atoms with E-state index in [4.69, 9.17) is 0 Å². The summed E-state index contributed by atoms with van der Waals surface area (Å²) in [5, 5.41) is 12.7. The van der Waals surface area contributed by atoms with E-state index in [9.17, 15) is 5.11 Å². The van der Waals surface area contributed by atoms with E-state index in [2.05, 4.69) is 35.1 Å². The minimum atomic E-state index is 0.185. The van der Waals surface area contributed by atoms with Gasteiger partial charge in [-0.25, -0.2) is 4.98 Å². The fourth-order valence-electron chi connectivity index (χ4n) is 2.41. The molecule has 19 heavy (non-hydrogen) atoms. The summed E-state index contributed by atoms with van der Waals surface area (Å²) in [5.74, 6) is 1.04. The highest BCUT2D eigenvalue weighted by molar-refractivity contribution is 5.48. The number of hydrogen-bond donors (Lipinski definition) is 2. The normalized spacial score (nSPS) is 15.6. The molecule has 1 aliphatic carbocycles. The molecular weight excluding hydrogens is 238 g/mol. The zero-order valence-electron chi connectivity index (χ0n) is 12.0. The number of anilines is 1. The lowest BCUT2D eigenvalue weighted by atomic mass is 9.91. The van der Waals surface area contributed by atoms with E-state index in [1.54, 1.807) is 0 Å². The number of pyridine rings is 1. The predicted molar refractivity (Wildman–Crippen MR) is 78.3 cm³/mol. The van der Waals surface area contributed by atoms with Gasteiger partial charge in [-0.05, 0) is 25.3 Å². The molecule has 0 bridgehead atoms. The van der Waals surface area contributed by atoms with E-state index in [1.165, 1.54) is 24.8 Å². The third-order valence-electron chi connectivity index (χ3n) is 3.70. The van der Waals surface area contributed by atoms with Crippen molar-refractivity contribution in [1.82, 2.24) is 10.3 Å². The van der Waals surface area contributed by atoms with Crippen LogP contribution in [0, 0.1) is 0 Å². The molecule has 4 nitrogen and oxygen atoms in total. The molecule has 4 heteroatoms. The van der Waals surface area contributed by atoms with Crippen LogP contribution in [-0.4, -0.2) is 35.3 Å². The second kappa shape index (κ2) is 6.87. The number of aliphatic hydroxyl groups excluding tert-OH is 1. The summed E-state index contributed by atoms with van der Waals surface area (Å²) >= 11 is 0. The summed E-state index contributed by atoms with van der Waals surface area (Å²) < 4.78 is 0. The predicted octanol–water partition coefficient (Wildman–Crippen LogP) is 1.93. The Balaban J connectivity index is 2.15. The zero-order valence-corrected chi connectivity index (χ0v) is 12.0. The molecule has 1 aromatic rings. The largest absolute Gasteiger partial charge is 0.395 e. The second-order valence-corrected chi connectivity index (χ2v) is 5.52. The first-order valence-electron chi connectivity index (χ1n) is 7.27. The van der Waals surface area contributed by atoms with Gasteiger partial charge in [0.2, 0.25) is 0 Å². The van der Waals surface area contributed by atoms with Gasteiger partial charge in [-0.1, -0.05) is 19.9 Å². The van der Waals surface area contributed by atoms with Crippen molar-refractivity contribution in [2.24, 2.45) is 0 Å². The number of aliphatic hydroxyl groups is 1. The maximum atomic E-state index is 9.29. The molecule has 0 unspecified atom stereocenters. The molecule has 0 saturated heterocycles. The number of hydrogen-bond acceptors (Lipinski definition) is 4. The summed E-state index contributed by atoms with van der Waals surface area (Å²) in [6.45, 7) is 5.98. The van der Waals surface area contributed by atoms with Crippen LogP contribution in [0.4, 0.5) is 5.82 Å². The van der Waals surface area contributed by atoms with Crippen LogP contribution >= 0.6 is 0 Å². The fourth-order valence-corrected chi connectivity index (χ4v) is 2.41. The molecule has 0 radical (unpaired) electrons. The zero-order chi connectivity index (χ0) is 13.7. The molecule has 0 aliphatic heterocycles. The summed E-state index contributed by atoms with van der Waals surface area (Å²) in [5.41, 5.74) is 1.22. The van der Waals surface area contributed by atoms with E-state index in [0.29, 0.717) is 18.6 Å². The molecule has 1 fully saturated rings. The molecule has 2 N–H and O–H groups in total. The van der Waals surface area contributed by atoms with Crippen molar-refractivity contribution in [2.45, 2.75) is 51.7 Å². The third-order valence-corrected chi connectivity index (χ3v) is 3.70. The van der Waals surface area contributed by atoms with Gasteiger partial charge in [0.15, 0.2) is 0 Å². The number of rotatable bonds is 7. The quantitative estimate of drug-likeness (QED) is 0.789. The maximum Gasteiger partial charge on any atom is 0.133 e. The second-order valence-electron chi connectivity index (χ2n) is 5.52. The van der Waals surface area contributed by atoms with Crippen LogP contribution in [0.5, 0.6) is 0 Å². The molecule has 1 aromatic heterocycles. The first kappa shape index (κ1) is 14.3. The highest BCUT2D eigenvalue weighted by Crippen LogP contribution is 2.30. The first-order valence-corrected chi connectivity index (χ1v) is 7.27. The van der Waals surface area contributed by atoms with Gasteiger partial charge in [0.25, 0.3) is 0 Å². The molecule has 2 rings (SSSR count). The van der Waals surface area contributed by atoms with Gasteiger partial charge in [-0.3, -0.25) is 0 Å². The van der Waals surface area contributed by atoms with Gasteiger partial charge in [0, 0.05) is 36.9 Å². The van der Waals surface area contributed by atoms with Crippen LogP contribution in [-0.2, 0) is 6.54 Å². The van der Waals surface area contributed by atoms with E-state index < -0.39 is 0 Å². The number of aromatic nitrogens is 1. The highest BCUT2D eigenvalue weighted by Gasteiger charge is 2.26. The summed E-state index contributed by atoms with van der Waals surface area (Å²) in [7, 11) is 0. The van der Waals surface area contributed by atoms with Gasteiger partial charge in [-0.15, -0.1) is 0 Å². The Bertz CT molecular complexity index is 391.